The summed E-state index contributed by atoms with van der Waals surface area (Å²) in [7, 11) is 0. The average Bonchev–Trinajstić information content (AvgIpc) is 3.18. The van der Waals surface area contributed by atoms with E-state index in [0.717, 1.165) is 11.8 Å². The lowest BCUT2D eigenvalue weighted by atomic mass is 9.84. The predicted octanol–water partition coefficient (Wildman–Crippen LogP) is 3.67. The van der Waals surface area contributed by atoms with E-state index in [-0.39, 0.29) is 0 Å². The molecule has 2 unspecified atom stereocenters. The molecule has 0 amide bonds. The highest BCUT2D eigenvalue weighted by atomic mass is 15.3. The van der Waals surface area contributed by atoms with Crippen molar-refractivity contribution >= 4 is 0 Å². The normalized spacial score (nSPS) is 36.9. The van der Waals surface area contributed by atoms with E-state index in [1.165, 1.54) is 51.7 Å². The van der Waals surface area contributed by atoms with Crippen LogP contribution in [0.25, 0.3) is 0 Å². The first-order valence-electron chi connectivity index (χ1n) is 8.40. The van der Waals surface area contributed by atoms with Crippen molar-refractivity contribution in [3.8, 4) is 0 Å². The Kier molecular flexibility index (Phi) is 4.62. The molecule has 1 aliphatic carbocycles. The quantitative estimate of drug-likeness (QED) is 0.789. The fourth-order valence-electron chi connectivity index (χ4n) is 3.53. The molecule has 2 aliphatic rings. The first-order valence-corrected chi connectivity index (χ1v) is 8.40. The van der Waals surface area contributed by atoms with Gasteiger partial charge in [-0.05, 0) is 64.3 Å². The number of hydrogen-bond acceptors (Lipinski definition) is 2. The molecule has 2 heteroatoms. The molecule has 2 nitrogen and oxygen atoms in total. The van der Waals surface area contributed by atoms with Gasteiger partial charge in [-0.1, -0.05) is 20.8 Å². The molecule has 0 spiro atoms. The third-order valence-electron chi connectivity index (χ3n) is 5.58. The highest BCUT2D eigenvalue weighted by Crippen LogP contribution is 2.45. The van der Waals surface area contributed by atoms with Gasteiger partial charge in [0.2, 0.25) is 0 Å². The summed E-state index contributed by atoms with van der Waals surface area (Å²) >= 11 is 0. The lowest BCUT2D eigenvalue weighted by Crippen LogP contribution is -2.68. The Hall–Kier alpha value is -0.0800. The van der Waals surface area contributed by atoms with Gasteiger partial charge in [-0.2, -0.15) is 0 Å². The number of rotatable bonds is 6. The maximum atomic E-state index is 3.84. The molecule has 2 rings (SSSR count). The Labute approximate surface area is 120 Å². The molecule has 0 radical (unpaired) electrons. The molecule has 0 aromatic rings. The SMILES string of the molecule is CCC1(C)CN(CCCC(C)C)C(C)(C2CC2)CN1. The van der Waals surface area contributed by atoms with Gasteiger partial charge >= 0.3 is 0 Å². The monoisotopic (exact) mass is 266 g/mol. The van der Waals surface area contributed by atoms with Crippen molar-refractivity contribution in [3.05, 3.63) is 0 Å². The van der Waals surface area contributed by atoms with Crippen molar-refractivity contribution in [2.75, 3.05) is 19.6 Å². The molecule has 1 aliphatic heterocycles. The van der Waals surface area contributed by atoms with Gasteiger partial charge in [0.1, 0.15) is 0 Å². The highest BCUT2D eigenvalue weighted by Gasteiger charge is 2.49. The standard InChI is InChI=1S/C17H34N2/c1-6-16(4)13-19(11-7-8-14(2)3)17(5,12-18-16)15-9-10-15/h14-15,18H,6-13H2,1-5H3. The summed E-state index contributed by atoms with van der Waals surface area (Å²) in [6, 6.07) is 0. The summed E-state index contributed by atoms with van der Waals surface area (Å²) in [6.45, 7) is 15.6. The number of hydrogen-bond donors (Lipinski definition) is 1. The average molecular weight is 266 g/mol. The fourth-order valence-corrected chi connectivity index (χ4v) is 3.53. The van der Waals surface area contributed by atoms with E-state index in [9.17, 15) is 0 Å². The van der Waals surface area contributed by atoms with Crippen molar-refractivity contribution < 1.29 is 0 Å². The Balaban J connectivity index is 1.99. The van der Waals surface area contributed by atoms with Gasteiger partial charge in [0.15, 0.2) is 0 Å². The fraction of sp³-hybridized carbons (Fsp3) is 1.00. The van der Waals surface area contributed by atoms with Gasteiger partial charge in [-0.15, -0.1) is 0 Å². The van der Waals surface area contributed by atoms with Crippen molar-refractivity contribution in [2.45, 2.75) is 77.8 Å². The lowest BCUT2D eigenvalue weighted by Gasteiger charge is -2.53. The summed E-state index contributed by atoms with van der Waals surface area (Å²) in [6.07, 6.45) is 6.85. The van der Waals surface area contributed by atoms with Crippen molar-refractivity contribution in [2.24, 2.45) is 11.8 Å². The molecule has 1 N–H and O–H groups in total. The minimum atomic E-state index is 0.326. The molecular formula is C17H34N2. The summed E-state index contributed by atoms with van der Waals surface area (Å²) < 4.78 is 0. The topological polar surface area (TPSA) is 15.3 Å². The molecule has 2 atom stereocenters. The van der Waals surface area contributed by atoms with Crippen molar-refractivity contribution in [3.63, 3.8) is 0 Å². The molecule has 19 heavy (non-hydrogen) atoms. The Morgan fingerprint density at radius 3 is 2.47 bits per heavy atom. The van der Waals surface area contributed by atoms with Crippen LogP contribution in [0.2, 0.25) is 0 Å². The van der Waals surface area contributed by atoms with Gasteiger partial charge in [0.25, 0.3) is 0 Å². The van der Waals surface area contributed by atoms with Crippen LogP contribution < -0.4 is 5.32 Å². The van der Waals surface area contributed by atoms with Crippen molar-refractivity contribution in [1.82, 2.24) is 10.2 Å². The molecule has 112 valence electrons. The van der Waals surface area contributed by atoms with Gasteiger partial charge < -0.3 is 5.32 Å². The van der Waals surface area contributed by atoms with Crippen LogP contribution in [0.3, 0.4) is 0 Å². The van der Waals surface area contributed by atoms with Crippen LogP contribution in [0.1, 0.15) is 66.7 Å². The maximum Gasteiger partial charge on any atom is 0.0334 e. The third-order valence-corrected chi connectivity index (χ3v) is 5.58. The second-order valence-electron chi connectivity index (χ2n) is 7.86. The molecule has 0 bridgehead atoms. The van der Waals surface area contributed by atoms with Crippen LogP contribution in [-0.4, -0.2) is 35.6 Å². The Morgan fingerprint density at radius 1 is 1.26 bits per heavy atom. The zero-order valence-electron chi connectivity index (χ0n) is 13.8. The van der Waals surface area contributed by atoms with E-state index in [4.69, 9.17) is 0 Å². The first-order chi connectivity index (χ1) is 8.89. The summed E-state index contributed by atoms with van der Waals surface area (Å²) in [5.41, 5.74) is 0.748. The number of nitrogens with zero attached hydrogens (tertiary/aromatic N) is 1. The number of nitrogens with one attached hydrogen (secondary N) is 1. The van der Waals surface area contributed by atoms with Crippen LogP contribution >= 0.6 is 0 Å². The second-order valence-corrected chi connectivity index (χ2v) is 7.86. The van der Waals surface area contributed by atoms with Gasteiger partial charge in [0.05, 0.1) is 0 Å². The Bertz CT molecular complexity index is 298. The molecular weight excluding hydrogens is 232 g/mol. The van der Waals surface area contributed by atoms with E-state index in [0.29, 0.717) is 11.1 Å². The first kappa shape index (κ1) is 15.3. The zero-order chi connectivity index (χ0) is 14.1. The van der Waals surface area contributed by atoms with Crippen LogP contribution in [-0.2, 0) is 0 Å². The van der Waals surface area contributed by atoms with Gasteiger partial charge in [0, 0.05) is 24.2 Å². The highest BCUT2D eigenvalue weighted by molar-refractivity contribution is 5.07. The van der Waals surface area contributed by atoms with E-state index < -0.39 is 0 Å². The summed E-state index contributed by atoms with van der Waals surface area (Å²) in [4.78, 5) is 2.83. The lowest BCUT2D eigenvalue weighted by molar-refractivity contribution is 0.00359. The Morgan fingerprint density at radius 2 is 1.95 bits per heavy atom. The van der Waals surface area contributed by atoms with E-state index >= 15 is 0 Å². The van der Waals surface area contributed by atoms with Crippen molar-refractivity contribution in [1.29, 1.82) is 0 Å². The molecule has 1 saturated carbocycles. The minimum Gasteiger partial charge on any atom is -0.308 e. The molecule has 1 saturated heterocycles. The second kappa shape index (κ2) is 5.73. The molecule has 2 fully saturated rings. The number of piperazine rings is 1. The third kappa shape index (κ3) is 3.52. The molecule has 0 aromatic heterocycles. The van der Waals surface area contributed by atoms with Crippen LogP contribution in [0.4, 0.5) is 0 Å². The van der Waals surface area contributed by atoms with Gasteiger partial charge in [-0.3, -0.25) is 4.90 Å². The van der Waals surface area contributed by atoms with E-state index in [1.54, 1.807) is 0 Å². The van der Waals surface area contributed by atoms with E-state index in [2.05, 4.69) is 44.8 Å². The summed E-state index contributed by atoms with van der Waals surface area (Å²) in [5, 5.41) is 3.84. The predicted molar refractivity (Wildman–Crippen MR) is 83.5 cm³/mol. The zero-order valence-corrected chi connectivity index (χ0v) is 13.8. The smallest absolute Gasteiger partial charge is 0.0334 e. The van der Waals surface area contributed by atoms with Gasteiger partial charge in [-0.25, -0.2) is 0 Å². The van der Waals surface area contributed by atoms with Crippen LogP contribution in [0, 0.1) is 11.8 Å². The largest absolute Gasteiger partial charge is 0.308 e. The minimum absolute atomic E-state index is 0.326. The van der Waals surface area contributed by atoms with Crippen LogP contribution in [0.15, 0.2) is 0 Å². The molecule has 0 aromatic carbocycles. The van der Waals surface area contributed by atoms with Crippen LogP contribution in [0.5, 0.6) is 0 Å². The van der Waals surface area contributed by atoms with E-state index in [1.807, 2.05) is 0 Å². The molecule has 1 heterocycles. The summed E-state index contributed by atoms with van der Waals surface area (Å²) in [5.74, 6) is 1.79. The maximum absolute atomic E-state index is 3.84.